The highest BCUT2D eigenvalue weighted by molar-refractivity contribution is 7.80. The van der Waals surface area contributed by atoms with Crippen molar-refractivity contribution >= 4 is 19.4 Å². The number of hydrogen-bond donors (Lipinski definition) is 2. The summed E-state index contributed by atoms with van der Waals surface area (Å²) in [4.78, 5) is 12.5. The van der Waals surface area contributed by atoms with Gasteiger partial charge in [0.2, 0.25) is 0 Å². The van der Waals surface area contributed by atoms with Gasteiger partial charge in [0.25, 0.3) is 0 Å². The van der Waals surface area contributed by atoms with Crippen LogP contribution in [-0.2, 0) is 9.68 Å². The van der Waals surface area contributed by atoms with E-state index in [2.05, 4.69) is 17.5 Å². The molecule has 90 valence electrons. The van der Waals surface area contributed by atoms with Crippen LogP contribution in [0, 0.1) is 11.8 Å². The van der Waals surface area contributed by atoms with Gasteiger partial charge in [-0.25, -0.2) is 4.89 Å². The lowest BCUT2D eigenvalue weighted by molar-refractivity contribution is -0.328. The van der Waals surface area contributed by atoms with Gasteiger partial charge >= 0.3 is 0 Å². The Bertz CT molecular complexity index is 165. The first kappa shape index (κ1) is 14.9. The third-order valence-electron chi connectivity index (χ3n) is 3.32. The Balaban J connectivity index is 0.000000921. The van der Waals surface area contributed by atoms with Crippen molar-refractivity contribution in [2.75, 3.05) is 5.75 Å². The van der Waals surface area contributed by atoms with E-state index in [9.17, 15) is 0 Å². The lowest BCUT2D eigenvalue weighted by Crippen LogP contribution is -2.36. The molecular formula is C11H22O3S. The van der Waals surface area contributed by atoms with Crippen LogP contribution in [0.5, 0.6) is 0 Å². The molecule has 0 heterocycles. The molecule has 15 heavy (non-hydrogen) atoms. The fourth-order valence-electron chi connectivity index (χ4n) is 2.11. The van der Waals surface area contributed by atoms with Gasteiger partial charge in [-0.2, -0.15) is 12.6 Å². The normalized spacial score (nSPS) is 26.7. The molecule has 1 fully saturated rings. The van der Waals surface area contributed by atoms with Crippen molar-refractivity contribution in [1.29, 1.82) is 0 Å². The molecule has 0 spiro atoms. The number of carbonyl (C=O) groups is 1. The third-order valence-corrected chi connectivity index (χ3v) is 3.84. The topological polar surface area (TPSA) is 46.5 Å². The van der Waals surface area contributed by atoms with Gasteiger partial charge < -0.3 is 4.79 Å². The monoisotopic (exact) mass is 234 g/mol. The molecule has 0 unspecified atom stereocenters. The molecule has 1 aliphatic rings. The molecule has 3 nitrogen and oxygen atoms in total. The van der Waals surface area contributed by atoms with Crippen LogP contribution in [0.25, 0.3) is 0 Å². The summed E-state index contributed by atoms with van der Waals surface area (Å²) in [5, 5.41) is 8.75. The molecule has 1 aliphatic carbocycles. The van der Waals surface area contributed by atoms with E-state index in [0.717, 1.165) is 24.5 Å². The maximum absolute atomic E-state index is 8.75. The van der Waals surface area contributed by atoms with Gasteiger partial charge in [-0.1, -0.05) is 0 Å². The zero-order valence-corrected chi connectivity index (χ0v) is 10.5. The smallest absolute Gasteiger partial charge is 0.106 e. The number of rotatable bonds is 3. The standard InChI is InChI=1S/C10H20O2S.CH2O/c1-10(2,12-11)9-5-3-8(7-13)4-6-9;1-2/h8-9,11,13H,3-7H2,1-2H3;1H2. The van der Waals surface area contributed by atoms with E-state index in [1.807, 2.05) is 20.6 Å². The second-order valence-corrected chi connectivity index (χ2v) is 4.96. The van der Waals surface area contributed by atoms with Gasteiger partial charge in [0.15, 0.2) is 0 Å². The van der Waals surface area contributed by atoms with Crippen molar-refractivity contribution in [3.05, 3.63) is 0 Å². The molecule has 0 bridgehead atoms. The highest BCUT2D eigenvalue weighted by Crippen LogP contribution is 2.36. The van der Waals surface area contributed by atoms with Crippen molar-refractivity contribution in [2.45, 2.75) is 45.1 Å². The first-order valence-electron chi connectivity index (χ1n) is 5.32. The van der Waals surface area contributed by atoms with Gasteiger partial charge in [0.05, 0.1) is 0 Å². The largest absolute Gasteiger partial charge is 0.307 e. The van der Waals surface area contributed by atoms with Crippen LogP contribution < -0.4 is 0 Å². The first-order valence-corrected chi connectivity index (χ1v) is 5.95. The SMILES string of the molecule is C=O.CC(C)(OO)C1CCC(CS)CC1. The van der Waals surface area contributed by atoms with Crippen molar-refractivity contribution in [3.63, 3.8) is 0 Å². The molecule has 0 atom stereocenters. The van der Waals surface area contributed by atoms with Crippen LogP contribution >= 0.6 is 12.6 Å². The molecule has 0 amide bonds. The Morgan fingerprint density at radius 1 is 1.33 bits per heavy atom. The molecule has 1 N–H and O–H groups in total. The second-order valence-electron chi connectivity index (χ2n) is 4.59. The number of hydrogen-bond acceptors (Lipinski definition) is 4. The van der Waals surface area contributed by atoms with Crippen LogP contribution in [0.1, 0.15) is 39.5 Å². The minimum absolute atomic E-state index is 0.373. The molecule has 0 aromatic carbocycles. The number of thiol groups is 1. The van der Waals surface area contributed by atoms with Crippen molar-refractivity contribution in [2.24, 2.45) is 11.8 Å². The molecule has 0 radical (unpaired) electrons. The molecular weight excluding hydrogens is 212 g/mol. The van der Waals surface area contributed by atoms with E-state index >= 15 is 0 Å². The molecule has 1 saturated carbocycles. The summed E-state index contributed by atoms with van der Waals surface area (Å²) in [6.07, 6.45) is 4.75. The maximum Gasteiger partial charge on any atom is 0.106 e. The van der Waals surface area contributed by atoms with Crippen LogP contribution in [0.4, 0.5) is 0 Å². The highest BCUT2D eigenvalue weighted by Gasteiger charge is 2.33. The van der Waals surface area contributed by atoms with Crippen molar-refractivity contribution in [3.8, 4) is 0 Å². The fourth-order valence-corrected chi connectivity index (χ4v) is 2.48. The highest BCUT2D eigenvalue weighted by atomic mass is 32.1. The summed E-state index contributed by atoms with van der Waals surface area (Å²) in [6, 6.07) is 0. The van der Waals surface area contributed by atoms with E-state index in [4.69, 9.17) is 10.1 Å². The van der Waals surface area contributed by atoms with Gasteiger partial charge in [-0.3, -0.25) is 5.26 Å². The van der Waals surface area contributed by atoms with Crippen molar-refractivity contribution < 1.29 is 14.9 Å². The first-order chi connectivity index (χ1) is 7.10. The second kappa shape index (κ2) is 7.25. The predicted molar refractivity (Wildman–Crippen MR) is 64.2 cm³/mol. The zero-order valence-electron chi connectivity index (χ0n) is 9.61. The van der Waals surface area contributed by atoms with E-state index < -0.39 is 0 Å². The van der Waals surface area contributed by atoms with Crippen LogP contribution in [0.3, 0.4) is 0 Å². The molecule has 4 heteroatoms. The Kier molecular flexibility index (Phi) is 7.22. The molecule has 0 saturated heterocycles. The summed E-state index contributed by atoms with van der Waals surface area (Å²) < 4.78 is 0. The zero-order chi connectivity index (χ0) is 11.9. The predicted octanol–water partition coefficient (Wildman–Crippen LogP) is 2.81. The summed E-state index contributed by atoms with van der Waals surface area (Å²) in [5.41, 5.74) is -0.373. The average Bonchev–Trinajstić information content (AvgIpc) is 2.32. The molecule has 0 aromatic heterocycles. The Labute approximate surface area is 97.5 Å². The Morgan fingerprint density at radius 3 is 2.13 bits per heavy atom. The summed E-state index contributed by atoms with van der Waals surface area (Å²) >= 11 is 4.31. The lowest BCUT2D eigenvalue weighted by Gasteiger charge is -2.36. The summed E-state index contributed by atoms with van der Waals surface area (Å²) in [6.45, 7) is 5.91. The van der Waals surface area contributed by atoms with E-state index in [0.29, 0.717) is 5.92 Å². The van der Waals surface area contributed by atoms with Gasteiger partial charge in [0, 0.05) is 0 Å². The minimum atomic E-state index is -0.373. The summed E-state index contributed by atoms with van der Waals surface area (Å²) in [7, 11) is 0. The van der Waals surface area contributed by atoms with Gasteiger partial charge in [0.1, 0.15) is 12.4 Å². The van der Waals surface area contributed by atoms with Crippen LogP contribution in [0.15, 0.2) is 0 Å². The van der Waals surface area contributed by atoms with Gasteiger partial charge in [-0.15, -0.1) is 0 Å². The minimum Gasteiger partial charge on any atom is -0.307 e. The lowest BCUT2D eigenvalue weighted by atomic mass is 9.75. The molecule has 0 aromatic rings. The molecule has 0 aliphatic heterocycles. The van der Waals surface area contributed by atoms with E-state index in [1.54, 1.807) is 0 Å². The average molecular weight is 234 g/mol. The maximum atomic E-state index is 8.75. The molecule has 1 rings (SSSR count). The van der Waals surface area contributed by atoms with Crippen molar-refractivity contribution in [1.82, 2.24) is 0 Å². The number of carbonyl (C=O) groups excluding carboxylic acids is 1. The van der Waals surface area contributed by atoms with E-state index in [-0.39, 0.29) is 5.60 Å². The third kappa shape index (κ3) is 4.53. The van der Waals surface area contributed by atoms with E-state index in [1.165, 1.54) is 12.8 Å². The van der Waals surface area contributed by atoms with Gasteiger partial charge in [-0.05, 0) is 57.1 Å². The Morgan fingerprint density at radius 2 is 1.80 bits per heavy atom. The quantitative estimate of drug-likeness (QED) is 0.448. The van der Waals surface area contributed by atoms with Crippen LogP contribution in [-0.4, -0.2) is 23.4 Å². The summed E-state index contributed by atoms with van der Waals surface area (Å²) in [5.74, 6) is 2.26. The van der Waals surface area contributed by atoms with Crippen LogP contribution in [0.2, 0.25) is 0 Å². The fraction of sp³-hybridized carbons (Fsp3) is 0.909. The Hall–Kier alpha value is -0.0600.